The van der Waals surface area contributed by atoms with Gasteiger partial charge in [-0.25, -0.2) is 0 Å². The molecule has 0 amide bonds. The summed E-state index contributed by atoms with van der Waals surface area (Å²) < 4.78 is 34.9. The summed E-state index contributed by atoms with van der Waals surface area (Å²) in [6.45, 7) is 22.2. The Labute approximate surface area is 342 Å². The van der Waals surface area contributed by atoms with E-state index in [1.807, 2.05) is 48.5 Å². The summed E-state index contributed by atoms with van der Waals surface area (Å²) in [6, 6.07) is 0.224. The van der Waals surface area contributed by atoms with Gasteiger partial charge in [-0.15, -0.1) is 0 Å². The fourth-order valence-electron chi connectivity index (χ4n) is 11.7. The van der Waals surface area contributed by atoms with Crippen LogP contribution in [0.3, 0.4) is 0 Å². The maximum absolute atomic E-state index is 14.6. The molecule has 0 aromatic rings. The molecule has 11 heteroatoms. The first-order chi connectivity index (χ1) is 26.8. The number of ether oxygens (including phenoxy) is 5. The largest absolute Gasteiger partial charge is 0.481 e. The molecule has 6 aliphatic rings. The molecule has 4 N–H and O–H groups in total. The van der Waals surface area contributed by atoms with Gasteiger partial charge in [0, 0.05) is 36.1 Å². The molecule has 0 bridgehead atoms. The van der Waals surface area contributed by atoms with Crippen LogP contribution in [-0.4, -0.2) is 98.6 Å². The number of aliphatic carboxylic acids is 1. The molecule has 57 heavy (non-hydrogen) atoms. The van der Waals surface area contributed by atoms with E-state index in [4.69, 9.17) is 23.7 Å². The predicted octanol–water partition coefficient (Wildman–Crippen LogP) is 7.19. The minimum absolute atomic E-state index is 0.0200. The number of carbonyl (C=O) groups excluding carboxylic acids is 1. The van der Waals surface area contributed by atoms with Crippen LogP contribution in [0, 0.1) is 47.3 Å². The van der Waals surface area contributed by atoms with Gasteiger partial charge in [-0.05, 0) is 102 Å². The van der Waals surface area contributed by atoms with E-state index in [1.165, 1.54) is 0 Å². The second kappa shape index (κ2) is 17.1. The third kappa shape index (κ3) is 8.58. The molecule has 1 saturated carbocycles. The Morgan fingerprint density at radius 2 is 1.49 bits per heavy atom. The predicted molar refractivity (Wildman–Crippen MR) is 217 cm³/mol. The molecule has 0 radical (unpaired) electrons. The third-order valence-electron chi connectivity index (χ3n) is 15.8. The van der Waals surface area contributed by atoms with Crippen LogP contribution in [-0.2, 0) is 33.3 Å². The van der Waals surface area contributed by atoms with Crippen LogP contribution >= 0.6 is 0 Å². The van der Waals surface area contributed by atoms with Crippen molar-refractivity contribution in [2.45, 2.75) is 218 Å². The summed E-state index contributed by atoms with van der Waals surface area (Å²) in [4.78, 5) is 26.8. The standard InChI is InChI=1S/C46H77NO10/c1-12-33(38(49)29(8)37(48)30(9)39-25(4)23-26(5)40(54-39)34(13-2)42(50)51)41-27(6)24-28(7)45(55-41)20-17-35(47-32-15-16-32)46(57-45)22-21-43(11,56-46)36-18-19-44(52,14-3)31(10)53-36/h17,20,25-37,39-41,47-48,52H,12-16,18-19,21-24H2,1-11H3,(H,50,51)/t25?,26-,27-,28+,29-,30-,31-,33?,34?,35?,36+,37?,39+,40+,41?,43-,44+,45-,46-/m0/s1. The summed E-state index contributed by atoms with van der Waals surface area (Å²) in [5.41, 5.74) is -1.47. The molecule has 1 aliphatic carbocycles. The molecule has 0 aromatic heterocycles. The molecule has 5 fully saturated rings. The number of aliphatic hydroxyl groups excluding tert-OH is 1. The van der Waals surface area contributed by atoms with Crippen molar-refractivity contribution in [3.05, 3.63) is 12.2 Å². The highest BCUT2D eigenvalue weighted by molar-refractivity contribution is 5.84. The van der Waals surface area contributed by atoms with Crippen LogP contribution < -0.4 is 5.32 Å². The van der Waals surface area contributed by atoms with Gasteiger partial charge in [0.1, 0.15) is 5.78 Å². The number of hydrogen-bond acceptors (Lipinski definition) is 10. The first-order valence-electron chi connectivity index (χ1n) is 22.8. The summed E-state index contributed by atoms with van der Waals surface area (Å²) in [7, 11) is 0. The summed E-state index contributed by atoms with van der Waals surface area (Å²) in [5, 5.41) is 36.8. The lowest BCUT2D eigenvalue weighted by molar-refractivity contribution is -0.398. The second-order valence-corrected chi connectivity index (χ2v) is 20.0. The van der Waals surface area contributed by atoms with Crippen molar-refractivity contribution in [2.75, 3.05) is 0 Å². The lowest BCUT2D eigenvalue weighted by Crippen LogP contribution is -2.65. The quantitative estimate of drug-likeness (QED) is 0.132. The van der Waals surface area contributed by atoms with Crippen molar-refractivity contribution in [3.8, 4) is 0 Å². The lowest BCUT2D eigenvalue weighted by Gasteiger charge is -2.55. The molecular formula is C46H77NO10. The highest BCUT2D eigenvalue weighted by Gasteiger charge is 2.63. The normalized spacial score (nSPS) is 46.4. The molecule has 5 heterocycles. The summed E-state index contributed by atoms with van der Waals surface area (Å²) in [6.07, 6.45) is 9.72. The van der Waals surface area contributed by atoms with Gasteiger partial charge >= 0.3 is 5.97 Å². The van der Waals surface area contributed by atoms with Gasteiger partial charge < -0.3 is 44.3 Å². The fraction of sp³-hybridized carbons (Fsp3) is 0.913. The van der Waals surface area contributed by atoms with Gasteiger partial charge in [0.05, 0.1) is 59.8 Å². The van der Waals surface area contributed by atoms with Crippen LogP contribution in [0.4, 0.5) is 0 Å². The number of hydrogen-bond donors (Lipinski definition) is 4. The number of carboxylic acid groups (broad SMARTS) is 1. The average molecular weight is 804 g/mol. The Balaban J connectivity index is 1.20. The average Bonchev–Trinajstić information content (AvgIpc) is 3.93. The number of nitrogens with one attached hydrogen (secondary N) is 1. The Hall–Kier alpha value is -1.44. The molecule has 19 atom stereocenters. The number of ketones is 1. The Kier molecular flexibility index (Phi) is 13.6. The van der Waals surface area contributed by atoms with E-state index in [0.29, 0.717) is 44.6 Å². The van der Waals surface area contributed by atoms with E-state index in [0.717, 1.165) is 32.1 Å². The van der Waals surface area contributed by atoms with E-state index in [2.05, 4.69) is 45.2 Å². The van der Waals surface area contributed by atoms with Crippen molar-refractivity contribution in [1.29, 1.82) is 0 Å². The summed E-state index contributed by atoms with van der Waals surface area (Å²) in [5.74, 6) is -4.96. The number of aliphatic hydroxyl groups is 2. The van der Waals surface area contributed by atoms with E-state index in [-0.39, 0.29) is 59.7 Å². The van der Waals surface area contributed by atoms with Crippen molar-refractivity contribution in [2.24, 2.45) is 47.3 Å². The molecule has 11 nitrogen and oxygen atoms in total. The maximum atomic E-state index is 14.6. The SMILES string of the molecule is CCC(C(=O)[C@@H](C)C(O)[C@H](C)[C@@H]1O[C@@H](C(CC)C(=O)O)[C@@H](C)CC1C)C1O[C@]2(C=CC(NC3CC3)[C@]3(CC[C@@](C)([C@H]4CC[C@](O)(CC)[C@H](C)O4)O3)O2)[C@H](C)C[C@@H]1C. The molecule has 0 aromatic carbocycles. The Morgan fingerprint density at radius 3 is 2.09 bits per heavy atom. The van der Waals surface area contributed by atoms with Crippen LogP contribution in [0.1, 0.15) is 147 Å². The summed E-state index contributed by atoms with van der Waals surface area (Å²) >= 11 is 0. The zero-order chi connectivity index (χ0) is 41.8. The number of Topliss-reactive ketones (excluding diaryl/α,β-unsaturated/α-hetero) is 1. The molecule has 5 aliphatic heterocycles. The molecule has 6 rings (SSSR count). The smallest absolute Gasteiger partial charge is 0.309 e. The Morgan fingerprint density at radius 1 is 0.842 bits per heavy atom. The van der Waals surface area contributed by atoms with E-state index < -0.39 is 64.8 Å². The Bertz CT molecular complexity index is 1460. The van der Waals surface area contributed by atoms with Crippen molar-refractivity contribution in [1.82, 2.24) is 5.32 Å². The zero-order valence-corrected chi connectivity index (χ0v) is 36.9. The number of carbonyl (C=O) groups is 2. The maximum Gasteiger partial charge on any atom is 0.309 e. The highest BCUT2D eigenvalue weighted by atomic mass is 16.8. The van der Waals surface area contributed by atoms with Gasteiger partial charge in [0.15, 0.2) is 11.6 Å². The minimum Gasteiger partial charge on any atom is -0.481 e. The number of rotatable bonds is 14. The second-order valence-electron chi connectivity index (χ2n) is 20.0. The van der Waals surface area contributed by atoms with Gasteiger partial charge in [-0.1, -0.05) is 68.4 Å². The van der Waals surface area contributed by atoms with E-state index in [1.54, 1.807) is 0 Å². The van der Waals surface area contributed by atoms with E-state index in [9.17, 15) is 24.9 Å². The van der Waals surface area contributed by atoms with Gasteiger partial charge in [0.25, 0.3) is 0 Å². The molecular weight excluding hydrogens is 727 g/mol. The molecule has 2 spiro atoms. The highest BCUT2D eigenvalue weighted by Crippen LogP contribution is 2.54. The lowest BCUT2D eigenvalue weighted by atomic mass is 9.72. The van der Waals surface area contributed by atoms with Crippen molar-refractivity contribution < 1.29 is 48.6 Å². The van der Waals surface area contributed by atoms with Crippen LogP contribution in [0.2, 0.25) is 0 Å². The van der Waals surface area contributed by atoms with Crippen LogP contribution in [0.25, 0.3) is 0 Å². The first kappa shape index (κ1) is 45.1. The van der Waals surface area contributed by atoms with Gasteiger partial charge in [-0.3, -0.25) is 9.59 Å². The monoisotopic (exact) mass is 804 g/mol. The van der Waals surface area contributed by atoms with Crippen molar-refractivity contribution in [3.63, 3.8) is 0 Å². The molecule has 6 unspecified atom stereocenters. The van der Waals surface area contributed by atoms with Crippen LogP contribution in [0.15, 0.2) is 12.2 Å². The van der Waals surface area contributed by atoms with Gasteiger partial charge in [-0.2, -0.15) is 0 Å². The van der Waals surface area contributed by atoms with Gasteiger partial charge in [0.2, 0.25) is 0 Å². The molecule has 326 valence electrons. The third-order valence-corrected chi connectivity index (χ3v) is 15.8. The molecule has 4 saturated heterocycles. The minimum atomic E-state index is -1.12. The van der Waals surface area contributed by atoms with Crippen molar-refractivity contribution >= 4 is 11.8 Å². The van der Waals surface area contributed by atoms with E-state index >= 15 is 0 Å². The fourth-order valence-corrected chi connectivity index (χ4v) is 11.7. The number of carboxylic acids is 1. The van der Waals surface area contributed by atoms with Crippen LogP contribution in [0.5, 0.6) is 0 Å². The zero-order valence-electron chi connectivity index (χ0n) is 36.9. The first-order valence-corrected chi connectivity index (χ1v) is 22.8. The topological polar surface area (TPSA) is 153 Å².